The van der Waals surface area contributed by atoms with Gasteiger partial charge < -0.3 is 11.1 Å². The normalized spacial score (nSPS) is 12.1. The molecule has 1 heterocycles. The zero-order chi connectivity index (χ0) is 10.4. The molecule has 0 aromatic carbocycles. The summed E-state index contributed by atoms with van der Waals surface area (Å²) < 4.78 is 0. The zero-order valence-corrected chi connectivity index (χ0v) is 8.59. The van der Waals surface area contributed by atoms with Gasteiger partial charge in [0.15, 0.2) is 0 Å². The van der Waals surface area contributed by atoms with Crippen LogP contribution >= 0.6 is 11.3 Å². The summed E-state index contributed by atoms with van der Waals surface area (Å²) in [7, 11) is 0. The Labute approximate surface area is 86.8 Å². The number of nitrogens with one attached hydrogen (secondary N) is 1. The molecule has 1 amide bonds. The fourth-order valence-corrected chi connectivity index (χ4v) is 1.46. The third-order valence-electron chi connectivity index (χ3n) is 1.68. The Morgan fingerprint density at radius 2 is 2.64 bits per heavy atom. The van der Waals surface area contributed by atoms with Crippen molar-refractivity contribution in [3.63, 3.8) is 0 Å². The van der Waals surface area contributed by atoms with E-state index in [2.05, 4.69) is 16.9 Å². The molecule has 0 spiro atoms. The highest BCUT2D eigenvalue weighted by Crippen LogP contribution is 2.04. The standard InChI is InChI=1S/C9H13N3OS/c1-2-3-8(10)9(13)12-5-7-4-11-6-14-7/h2,4,6,8H,1,3,5,10H2,(H,12,13). The number of hydrogen-bond donors (Lipinski definition) is 2. The number of carbonyl (C=O) groups excluding carboxylic acids is 1. The van der Waals surface area contributed by atoms with Crippen LogP contribution in [0, 0.1) is 0 Å². The predicted molar refractivity (Wildman–Crippen MR) is 56.8 cm³/mol. The van der Waals surface area contributed by atoms with Crippen molar-refractivity contribution in [3.05, 3.63) is 29.2 Å². The van der Waals surface area contributed by atoms with Gasteiger partial charge >= 0.3 is 0 Å². The summed E-state index contributed by atoms with van der Waals surface area (Å²) in [6.07, 6.45) is 3.86. The van der Waals surface area contributed by atoms with Crippen LogP contribution in [0.15, 0.2) is 24.4 Å². The smallest absolute Gasteiger partial charge is 0.237 e. The van der Waals surface area contributed by atoms with Gasteiger partial charge in [-0.05, 0) is 6.42 Å². The van der Waals surface area contributed by atoms with E-state index in [1.807, 2.05) is 0 Å². The number of amides is 1. The van der Waals surface area contributed by atoms with Gasteiger partial charge in [0, 0.05) is 11.1 Å². The molecule has 0 saturated heterocycles. The minimum atomic E-state index is -0.500. The third-order valence-corrected chi connectivity index (χ3v) is 2.46. The first-order valence-corrected chi connectivity index (χ1v) is 5.13. The van der Waals surface area contributed by atoms with Crippen molar-refractivity contribution in [3.8, 4) is 0 Å². The summed E-state index contributed by atoms with van der Waals surface area (Å²) in [5.74, 6) is -0.154. The number of aromatic nitrogens is 1. The third kappa shape index (κ3) is 3.27. The van der Waals surface area contributed by atoms with Crippen LogP contribution in [0.2, 0.25) is 0 Å². The van der Waals surface area contributed by atoms with Gasteiger partial charge in [0.2, 0.25) is 5.91 Å². The maximum absolute atomic E-state index is 11.3. The van der Waals surface area contributed by atoms with E-state index >= 15 is 0 Å². The molecule has 0 aliphatic carbocycles. The number of rotatable bonds is 5. The van der Waals surface area contributed by atoms with Crippen LogP contribution in [0.3, 0.4) is 0 Å². The first-order valence-electron chi connectivity index (χ1n) is 4.25. The van der Waals surface area contributed by atoms with Crippen LogP contribution in [0.25, 0.3) is 0 Å². The summed E-state index contributed by atoms with van der Waals surface area (Å²) in [5.41, 5.74) is 7.30. The van der Waals surface area contributed by atoms with E-state index in [0.717, 1.165) is 4.88 Å². The van der Waals surface area contributed by atoms with Crippen molar-refractivity contribution < 1.29 is 4.79 Å². The summed E-state index contributed by atoms with van der Waals surface area (Å²) in [4.78, 5) is 16.2. The van der Waals surface area contributed by atoms with Gasteiger partial charge in [0.25, 0.3) is 0 Å². The van der Waals surface area contributed by atoms with E-state index in [0.29, 0.717) is 13.0 Å². The molecule has 5 heteroatoms. The molecule has 1 rings (SSSR count). The van der Waals surface area contributed by atoms with Gasteiger partial charge in [-0.25, -0.2) is 0 Å². The molecular weight excluding hydrogens is 198 g/mol. The number of hydrogen-bond acceptors (Lipinski definition) is 4. The van der Waals surface area contributed by atoms with Gasteiger partial charge in [0.05, 0.1) is 18.1 Å². The molecule has 1 aromatic heterocycles. The molecule has 1 unspecified atom stereocenters. The predicted octanol–water partition coefficient (Wildman–Crippen LogP) is 0.663. The van der Waals surface area contributed by atoms with E-state index < -0.39 is 6.04 Å². The topological polar surface area (TPSA) is 68.0 Å². The average molecular weight is 211 g/mol. The summed E-state index contributed by atoms with van der Waals surface area (Å²) in [6, 6.07) is -0.500. The van der Waals surface area contributed by atoms with Crippen LogP contribution < -0.4 is 11.1 Å². The first-order chi connectivity index (χ1) is 6.74. The number of thiazole rings is 1. The van der Waals surface area contributed by atoms with Crippen LogP contribution in [-0.4, -0.2) is 16.9 Å². The van der Waals surface area contributed by atoms with Crippen molar-refractivity contribution in [2.45, 2.75) is 19.0 Å². The van der Waals surface area contributed by atoms with E-state index in [1.54, 1.807) is 17.8 Å². The minimum absolute atomic E-state index is 0.154. The molecule has 4 nitrogen and oxygen atoms in total. The van der Waals surface area contributed by atoms with Crippen LogP contribution in [0.5, 0.6) is 0 Å². The highest BCUT2D eigenvalue weighted by Gasteiger charge is 2.10. The zero-order valence-electron chi connectivity index (χ0n) is 7.77. The van der Waals surface area contributed by atoms with Gasteiger partial charge in [-0.1, -0.05) is 6.08 Å². The number of nitrogens with zero attached hydrogens (tertiary/aromatic N) is 1. The Balaban J connectivity index is 2.31. The van der Waals surface area contributed by atoms with E-state index in [9.17, 15) is 4.79 Å². The van der Waals surface area contributed by atoms with E-state index in [4.69, 9.17) is 5.73 Å². The number of nitrogens with two attached hydrogens (primary N) is 1. The molecular formula is C9H13N3OS. The second kappa shape index (κ2) is 5.51. The maximum atomic E-state index is 11.3. The van der Waals surface area contributed by atoms with Crippen molar-refractivity contribution in [2.75, 3.05) is 0 Å². The van der Waals surface area contributed by atoms with Gasteiger partial charge in [-0.2, -0.15) is 0 Å². The fraction of sp³-hybridized carbons (Fsp3) is 0.333. The summed E-state index contributed by atoms with van der Waals surface area (Å²) >= 11 is 1.50. The van der Waals surface area contributed by atoms with Crippen LogP contribution in [-0.2, 0) is 11.3 Å². The Morgan fingerprint density at radius 3 is 3.21 bits per heavy atom. The second-order valence-electron chi connectivity index (χ2n) is 2.82. The van der Waals surface area contributed by atoms with Gasteiger partial charge in [0.1, 0.15) is 0 Å². The lowest BCUT2D eigenvalue weighted by molar-refractivity contribution is -0.122. The minimum Gasteiger partial charge on any atom is -0.350 e. The molecule has 0 saturated carbocycles. The van der Waals surface area contributed by atoms with Crippen molar-refractivity contribution in [1.29, 1.82) is 0 Å². The molecule has 76 valence electrons. The van der Waals surface area contributed by atoms with Crippen molar-refractivity contribution in [2.24, 2.45) is 5.73 Å². The maximum Gasteiger partial charge on any atom is 0.237 e. The highest BCUT2D eigenvalue weighted by atomic mass is 32.1. The van der Waals surface area contributed by atoms with Crippen molar-refractivity contribution >= 4 is 17.2 Å². The molecule has 14 heavy (non-hydrogen) atoms. The second-order valence-corrected chi connectivity index (χ2v) is 3.79. The Bertz CT molecular complexity index is 297. The van der Waals surface area contributed by atoms with Crippen molar-refractivity contribution in [1.82, 2.24) is 10.3 Å². The lowest BCUT2D eigenvalue weighted by atomic mass is 10.2. The molecule has 3 N–H and O–H groups in total. The average Bonchev–Trinajstić information content (AvgIpc) is 2.67. The molecule has 0 radical (unpaired) electrons. The SMILES string of the molecule is C=CCC(N)C(=O)NCc1cncs1. The first kappa shape index (κ1) is 10.9. The quantitative estimate of drug-likeness (QED) is 0.703. The Hall–Kier alpha value is -1.20. The van der Waals surface area contributed by atoms with Gasteiger partial charge in [-0.15, -0.1) is 17.9 Å². The lowest BCUT2D eigenvalue weighted by Gasteiger charge is -2.08. The Morgan fingerprint density at radius 1 is 1.86 bits per heavy atom. The van der Waals surface area contributed by atoms with E-state index in [1.165, 1.54) is 11.3 Å². The molecule has 0 aliphatic rings. The number of carbonyl (C=O) groups is 1. The van der Waals surface area contributed by atoms with E-state index in [-0.39, 0.29) is 5.91 Å². The Kier molecular flexibility index (Phi) is 4.28. The monoisotopic (exact) mass is 211 g/mol. The lowest BCUT2D eigenvalue weighted by Crippen LogP contribution is -2.39. The largest absolute Gasteiger partial charge is 0.350 e. The summed E-state index contributed by atoms with van der Waals surface area (Å²) in [6.45, 7) is 4.02. The molecule has 1 atom stereocenters. The van der Waals surface area contributed by atoms with Crippen LogP contribution in [0.4, 0.5) is 0 Å². The molecule has 0 bridgehead atoms. The van der Waals surface area contributed by atoms with Crippen LogP contribution in [0.1, 0.15) is 11.3 Å². The summed E-state index contributed by atoms with van der Waals surface area (Å²) in [5, 5.41) is 2.73. The molecule has 0 fully saturated rings. The van der Waals surface area contributed by atoms with Gasteiger partial charge in [-0.3, -0.25) is 9.78 Å². The highest BCUT2D eigenvalue weighted by molar-refractivity contribution is 7.09. The molecule has 1 aromatic rings. The molecule has 0 aliphatic heterocycles. The fourth-order valence-electron chi connectivity index (χ4n) is 0.921.